The van der Waals surface area contributed by atoms with E-state index >= 15 is 0 Å². The lowest BCUT2D eigenvalue weighted by molar-refractivity contribution is 0.954. The number of rotatable bonds is 0. The Kier molecular flexibility index (Phi) is 3.20. The highest BCUT2D eigenvalue weighted by molar-refractivity contribution is 9.10. The molecule has 0 atom stereocenters. The second kappa shape index (κ2) is 4.71. The Bertz CT molecular complexity index is 627. The first kappa shape index (κ1) is 12.2. The van der Waals surface area contributed by atoms with Crippen molar-refractivity contribution in [2.75, 3.05) is 0 Å². The molecule has 1 aliphatic carbocycles. The van der Waals surface area contributed by atoms with Gasteiger partial charge in [0, 0.05) is 27.8 Å². The average molecular weight is 320 g/mol. The second-order valence-electron chi connectivity index (χ2n) is 4.82. The molecule has 0 spiro atoms. The SMILES string of the molecule is Bc1cnc2c(c1)CCc1cc(Cl)cc(Br)c1C2. The van der Waals surface area contributed by atoms with Gasteiger partial charge in [0.05, 0.1) is 0 Å². The lowest BCUT2D eigenvalue weighted by Crippen LogP contribution is -2.08. The van der Waals surface area contributed by atoms with Crippen LogP contribution in [0, 0.1) is 0 Å². The van der Waals surface area contributed by atoms with Crippen molar-refractivity contribution in [3.05, 3.63) is 56.3 Å². The third-order valence-electron chi connectivity index (χ3n) is 3.46. The van der Waals surface area contributed by atoms with E-state index in [1.54, 1.807) is 0 Å². The number of hydrogen-bond donors (Lipinski definition) is 0. The Labute approximate surface area is 121 Å². The summed E-state index contributed by atoms with van der Waals surface area (Å²) in [7, 11) is 2.10. The number of nitrogens with zero attached hydrogens (tertiary/aromatic N) is 1. The molecule has 3 rings (SSSR count). The van der Waals surface area contributed by atoms with Crippen LogP contribution in [0.25, 0.3) is 0 Å². The molecule has 1 heterocycles. The molecule has 0 bridgehead atoms. The van der Waals surface area contributed by atoms with Gasteiger partial charge in [-0.2, -0.15) is 0 Å². The molecular weight excluding hydrogens is 308 g/mol. The number of hydrogen-bond acceptors (Lipinski definition) is 1. The highest BCUT2D eigenvalue weighted by atomic mass is 79.9. The number of benzene rings is 1. The van der Waals surface area contributed by atoms with Crippen molar-refractivity contribution in [1.82, 2.24) is 4.98 Å². The molecule has 18 heavy (non-hydrogen) atoms. The van der Waals surface area contributed by atoms with Crippen LogP contribution < -0.4 is 5.46 Å². The maximum atomic E-state index is 6.13. The number of aromatic nitrogens is 1. The largest absolute Gasteiger partial charge is 0.261 e. The first-order valence-electron chi connectivity index (χ1n) is 6.04. The van der Waals surface area contributed by atoms with E-state index in [0.29, 0.717) is 0 Å². The highest BCUT2D eigenvalue weighted by Crippen LogP contribution is 2.31. The fourth-order valence-electron chi connectivity index (χ4n) is 2.55. The molecule has 2 aromatic rings. The van der Waals surface area contributed by atoms with Crippen LogP contribution in [0.4, 0.5) is 0 Å². The maximum Gasteiger partial charge on any atom is 0.141 e. The number of aryl methyl sites for hydroxylation is 2. The van der Waals surface area contributed by atoms with Crippen molar-refractivity contribution in [2.24, 2.45) is 0 Å². The predicted octanol–water partition coefficient (Wildman–Crippen LogP) is 2.45. The monoisotopic (exact) mass is 319 g/mol. The first-order chi connectivity index (χ1) is 8.63. The summed E-state index contributed by atoms with van der Waals surface area (Å²) in [5, 5.41) is 0.802. The normalized spacial score (nSPS) is 13.7. The van der Waals surface area contributed by atoms with Gasteiger partial charge in [0.2, 0.25) is 0 Å². The highest BCUT2D eigenvalue weighted by Gasteiger charge is 2.17. The minimum Gasteiger partial charge on any atom is -0.261 e. The van der Waals surface area contributed by atoms with Crippen LogP contribution >= 0.6 is 27.5 Å². The molecular formula is C14H12BBrClN. The van der Waals surface area contributed by atoms with Crippen molar-refractivity contribution < 1.29 is 0 Å². The Morgan fingerprint density at radius 3 is 2.78 bits per heavy atom. The van der Waals surface area contributed by atoms with Crippen molar-refractivity contribution in [3.63, 3.8) is 0 Å². The van der Waals surface area contributed by atoms with Gasteiger partial charge < -0.3 is 0 Å². The van der Waals surface area contributed by atoms with Crippen LogP contribution in [0.5, 0.6) is 0 Å². The van der Waals surface area contributed by atoms with Crippen molar-refractivity contribution in [3.8, 4) is 0 Å². The third kappa shape index (κ3) is 2.22. The Hall–Kier alpha value is -0.795. The minimum atomic E-state index is 0.802. The Balaban J connectivity index is 2.12. The molecule has 1 aromatic carbocycles. The van der Waals surface area contributed by atoms with Gasteiger partial charge in [-0.3, -0.25) is 4.98 Å². The zero-order valence-electron chi connectivity index (χ0n) is 10.1. The summed E-state index contributed by atoms with van der Waals surface area (Å²) in [4.78, 5) is 4.59. The topological polar surface area (TPSA) is 12.9 Å². The Morgan fingerprint density at radius 1 is 1.17 bits per heavy atom. The van der Waals surface area contributed by atoms with Crippen LogP contribution in [-0.4, -0.2) is 12.8 Å². The fourth-order valence-corrected chi connectivity index (χ4v) is 3.56. The quantitative estimate of drug-likeness (QED) is 0.680. The average Bonchev–Trinajstić information content (AvgIpc) is 2.49. The molecule has 0 fully saturated rings. The van der Waals surface area contributed by atoms with Gasteiger partial charge in [-0.05, 0) is 41.7 Å². The summed E-state index contributed by atoms with van der Waals surface area (Å²) >= 11 is 9.75. The van der Waals surface area contributed by atoms with Gasteiger partial charge in [0.1, 0.15) is 7.85 Å². The summed E-state index contributed by atoms with van der Waals surface area (Å²) in [5.74, 6) is 0. The molecule has 0 N–H and O–H groups in total. The van der Waals surface area contributed by atoms with Crippen LogP contribution in [0.1, 0.15) is 22.4 Å². The van der Waals surface area contributed by atoms with E-state index < -0.39 is 0 Å². The minimum absolute atomic E-state index is 0.802. The molecule has 1 nitrogen and oxygen atoms in total. The fraction of sp³-hybridized carbons (Fsp3) is 0.214. The van der Waals surface area contributed by atoms with E-state index in [2.05, 4.69) is 40.9 Å². The second-order valence-corrected chi connectivity index (χ2v) is 6.11. The van der Waals surface area contributed by atoms with Crippen LogP contribution in [0.3, 0.4) is 0 Å². The van der Waals surface area contributed by atoms with Gasteiger partial charge in [-0.25, -0.2) is 0 Å². The summed E-state index contributed by atoms with van der Waals surface area (Å²) in [6.07, 6.45) is 4.92. The lowest BCUT2D eigenvalue weighted by atomic mass is 9.94. The standard InChI is InChI=1S/C14H12BBrClN/c15-10-3-9-2-1-8-4-11(17)5-13(16)12(8)6-14(9)18-7-10/h3-5,7H,1-2,6,15H2. The summed E-state index contributed by atoms with van der Waals surface area (Å²) in [6, 6.07) is 6.31. The van der Waals surface area contributed by atoms with Gasteiger partial charge in [-0.1, -0.05) is 39.1 Å². The number of fused-ring (bicyclic) bond motifs is 2. The van der Waals surface area contributed by atoms with Crippen LogP contribution in [0.15, 0.2) is 28.9 Å². The third-order valence-corrected chi connectivity index (χ3v) is 4.38. The number of halogens is 2. The maximum absolute atomic E-state index is 6.13. The molecule has 90 valence electrons. The molecule has 0 amide bonds. The van der Waals surface area contributed by atoms with E-state index in [-0.39, 0.29) is 0 Å². The molecule has 0 aliphatic heterocycles. The molecule has 1 aliphatic rings. The molecule has 0 radical (unpaired) electrons. The van der Waals surface area contributed by atoms with E-state index in [0.717, 1.165) is 28.8 Å². The summed E-state index contributed by atoms with van der Waals surface area (Å²) in [6.45, 7) is 0. The molecule has 0 saturated carbocycles. The van der Waals surface area contributed by atoms with E-state index in [4.69, 9.17) is 11.6 Å². The van der Waals surface area contributed by atoms with Crippen molar-refractivity contribution in [2.45, 2.75) is 19.3 Å². The predicted molar refractivity (Wildman–Crippen MR) is 81.8 cm³/mol. The van der Waals surface area contributed by atoms with Gasteiger partial charge in [0.15, 0.2) is 0 Å². The Morgan fingerprint density at radius 2 is 1.94 bits per heavy atom. The molecule has 4 heteroatoms. The van der Waals surface area contributed by atoms with E-state index in [9.17, 15) is 0 Å². The smallest absolute Gasteiger partial charge is 0.141 e. The first-order valence-corrected chi connectivity index (χ1v) is 7.22. The van der Waals surface area contributed by atoms with E-state index in [1.807, 2.05) is 12.3 Å². The molecule has 0 unspecified atom stereocenters. The lowest BCUT2D eigenvalue weighted by Gasteiger charge is -2.09. The van der Waals surface area contributed by atoms with Gasteiger partial charge >= 0.3 is 0 Å². The van der Waals surface area contributed by atoms with Gasteiger partial charge in [0.25, 0.3) is 0 Å². The van der Waals surface area contributed by atoms with Crippen molar-refractivity contribution >= 4 is 40.8 Å². The van der Waals surface area contributed by atoms with Crippen molar-refractivity contribution in [1.29, 1.82) is 0 Å². The molecule has 1 aromatic heterocycles. The van der Waals surface area contributed by atoms with Crippen LogP contribution in [-0.2, 0) is 19.3 Å². The van der Waals surface area contributed by atoms with Gasteiger partial charge in [-0.15, -0.1) is 0 Å². The number of pyridine rings is 1. The zero-order chi connectivity index (χ0) is 12.7. The summed E-state index contributed by atoms with van der Waals surface area (Å²) in [5.41, 5.74) is 6.47. The van der Waals surface area contributed by atoms with Crippen LogP contribution in [0.2, 0.25) is 5.02 Å². The zero-order valence-corrected chi connectivity index (χ0v) is 12.5. The summed E-state index contributed by atoms with van der Waals surface area (Å²) < 4.78 is 1.10. The van der Waals surface area contributed by atoms with E-state index in [1.165, 1.54) is 27.8 Å². The molecule has 0 saturated heterocycles.